The van der Waals surface area contributed by atoms with Crippen LogP contribution in [0.15, 0.2) is 12.1 Å². The molecule has 0 spiro atoms. The number of rotatable bonds is 7. The maximum absolute atomic E-state index is 13.0. The summed E-state index contributed by atoms with van der Waals surface area (Å²) in [6.45, 7) is 19.9. The van der Waals surface area contributed by atoms with E-state index in [9.17, 15) is 4.79 Å². The SMILES string of the molecule is [C-]#[N+]c1cc(C)c(NC(=O)C(CC)[P+](CC)(CC)CC)c(C)c1.[Y]. The van der Waals surface area contributed by atoms with Gasteiger partial charge in [-0.05, 0) is 52.2 Å². The van der Waals surface area contributed by atoms with Crippen LogP contribution in [0.4, 0.5) is 11.4 Å². The Morgan fingerprint density at radius 3 is 1.92 bits per heavy atom. The smallest absolute Gasteiger partial charge is 0.265 e. The van der Waals surface area contributed by atoms with E-state index in [0.717, 1.165) is 41.7 Å². The number of benzene rings is 1. The molecule has 0 fully saturated rings. The van der Waals surface area contributed by atoms with Crippen LogP contribution in [0.25, 0.3) is 4.85 Å². The summed E-state index contributed by atoms with van der Waals surface area (Å²) >= 11 is 0. The molecule has 1 rings (SSSR count). The Balaban J connectivity index is 0.00000529. The average Bonchev–Trinajstić information content (AvgIpc) is 2.55. The standard InChI is InChI=1S/C19H29N2OP.Y/c1-8-17(23(9-2,10-3)11-4)19(22)21-18-14(5)12-16(20-7)13-15(18)6;/h12-13,17H,8-11H2,1-6H3;/p+1. The second-order valence-corrected chi connectivity index (χ2v) is 11.1. The van der Waals surface area contributed by atoms with E-state index >= 15 is 0 Å². The van der Waals surface area contributed by atoms with Crippen LogP contribution in [-0.2, 0) is 37.5 Å². The molecule has 3 nitrogen and oxygen atoms in total. The molecule has 0 aliphatic heterocycles. The van der Waals surface area contributed by atoms with Crippen LogP contribution in [0.3, 0.4) is 0 Å². The molecule has 1 N–H and O–H groups in total. The summed E-state index contributed by atoms with van der Waals surface area (Å²) in [5, 5.41) is 3.17. The third-order valence-electron chi connectivity index (χ3n) is 5.13. The fourth-order valence-electron chi connectivity index (χ4n) is 3.56. The maximum Gasteiger partial charge on any atom is 0.265 e. The van der Waals surface area contributed by atoms with Gasteiger partial charge in [-0.25, -0.2) is 4.85 Å². The number of carbonyl (C=O) groups is 1. The van der Waals surface area contributed by atoms with Crippen molar-refractivity contribution in [1.82, 2.24) is 0 Å². The largest absolute Gasteiger partial charge is 0.322 e. The Bertz CT molecular complexity index is 575. The molecule has 0 aliphatic rings. The van der Waals surface area contributed by atoms with E-state index in [1.165, 1.54) is 0 Å². The predicted octanol–water partition coefficient (Wildman–Crippen LogP) is 5.65. The molecule has 1 radical (unpaired) electrons. The van der Waals surface area contributed by atoms with Gasteiger partial charge in [0.25, 0.3) is 5.91 Å². The van der Waals surface area contributed by atoms with E-state index in [1.54, 1.807) is 0 Å². The Morgan fingerprint density at radius 2 is 1.58 bits per heavy atom. The normalized spacial score (nSPS) is 12.0. The van der Waals surface area contributed by atoms with Gasteiger partial charge in [-0.15, -0.1) is 0 Å². The van der Waals surface area contributed by atoms with Crippen LogP contribution in [0.1, 0.15) is 45.2 Å². The van der Waals surface area contributed by atoms with Crippen molar-refractivity contribution in [2.45, 2.75) is 53.6 Å². The molecule has 0 bridgehead atoms. The Hall–Kier alpha value is -0.286. The van der Waals surface area contributed by atoms with E-state index in [1.807, 2.05) is 26.0 Å². The molecular formula is C19H30N2OPY+. The topological polar surface area (TPSA) is 33.5 Å². The minimum atomic E-state index is -1.25. The second kappa shape index (κ2) is 10.6. The van der Waals surface area contributed by atoms with Gasteiger partial charge < -0.3 is 5.32 Å². The summed E-state index contributed by atoms with van der Waals surface area (Å²) < 4.78 is 0. The first-order valence-electron chi connectivity index (χ1n) is 8.54. The van der Waals surface area contributed by atoms with Gasteiger partial charge >= 0.3 is 0 Å². The van der Waals surface area contributed by atoms with Gasteiger partial charge in [0.2, 0.25) is 0 Å². The number of amides is 1. The summed E-state index contributed by atoms with van der Waals surface area (Å²) in [6, 6.07) is 3.69. The Morgan fingerprint density at radius 1 is 1.12 bits per heavy atom. The summed E-state index contributed by atoms with van der Waals surface area (Å²) in [4.78, 5) is 16.5. The predicted molar refractivity (Wildman–Crippen MR) is 103 cm³/mol. The summed E-state index contributed by atoms with van der Waals surface area (Å²) in [5.74, 6) is 0.160. The molecule has 0 saturated carbocycles. The molecule has 0 aliphatic carbocycles. The van der Waals surface area contributed by atoms with Gasteiger partial charge in [0, 0.05) is 45.7 Å². The van der Waals surface area contributed by atoms with Gasteiger partial charge in [0.1, 0.15) is 5.66 Å². The van der Waals surface area contributed by atoms with Crippen molar-refractivity contribution >= 4 is 24.5 Å². The molecule has 1 amide bonds. The van der Waals surface area contributed by atoms with E-state index in [0.29, 0.717) is 5.69 Å². The third kappa shape index (κ3) is 5.11. The molecule has 0 aromatic heterocycles. The first kappa shape index (κ1) is 23.7. The van der Waals surface area contributed by atoms with Crippen LogP contribution in [-0.4, -0.2) is 30.1 Å². The van der Waals surface area contributed by atoms with Gasteiger partial charge in [-0.1, -0.05) is 19.1 Å². The maximum atomic E-state index is 13.0. The minimum absolute atomic E-state index is 0. The molecule has 0 saturated heterocycles. The molecule has 1 unspecified atom stereocenters. The Labute approximate surface area is 173 Å². The van der Waals surface area contributed by atoms with Crippen LogP contribution in [0.5, 0.6) is 0 Å². The first-order chi connectivity index (χ1) is 10.9. The number of nitrogens with one attached hydrogen (secondary N) is 1. The van der Waals surface area contributed by atoms with Crippen molar-refractivity contribution in [2.24, 2.45) is 0 Å². The van der Waals surface area contributed by atoms with Crippen molar-refractivity contribution in [3.05, 3.63) is 34.7 Å². The third-order valence-corrected chi connectivity index (χ3v) is 10.8. The van der Waals surface area contributed by atoms with Crippen LogP contribution >= 0.6 is 7.26 Å². The zero-order valence-electron chi connectivity index (χ0n) is 15.9. The Kier molecular flexibility index (Phi) is 10.5. The fraction of sp³-hybridized carbons (Fsp3) is 0.579. The molecule has 24 heavy (non-hydrogen) atoms. The molecule has 1 aromatic carbocycles. The van der Waals surface area contributed by atoms with Gasteiger partial charge in [-0.3, -0.25) is 4.79 Å². The molecular weight excluding hydrogens is 392 g/mol. The molecule has 1 atom stereocenters. The van der Waals surface area contributed by atoms with E-state index < -0.39 is 7.26 Å². The van der Waals surface area contributed by atoms with Crippen molar-refractivity contribution in [3.8, 4) is 0 Å². The number of hydrogen-bond acceptors (Lipinski definition) is 1. The second-order valence-electron chi connectivity index (χ2n) is 6.15. The van der Waals surface area contributed by atoms with Gasteiger partial charge in [0.15, 0.2) is 5.69 Å². The van der Waals surface area contributed by atoms with Crippen LogP contribution in [0, 0.1) is 20.4 Å². The van der Waals surface area contributed by atoms with Crippen LogP contribution in [0.2, 0.25) is 0 Å². The number of aryl methyl sites for hydroxylation is 2. The molecule has 1 aromatic rings. The van der Waals surface area contributed by atoms with Crippen molar-refractivity contribution < 1.29 is 37.5 Å². The summed E-state index contributed by atoms with van der Waals surface area (Å²) in [7, 11) is -1.25. The van der Waals surface area contributed by atoms with E-state index in [2.05, 4.69) is 37.9 Å². The quantitative estimate of drug-likeness (QED) is 0.447. The average molecular weight is 422 g/mol. The fourth-order valence-corrected chi connectivity index (χ4v) is 7.56. The van der Waals surface area contributed by atoms with Gasteiger partial charge in [-0.2, -0.15) is 0 Å². The van der Waals surface area contributed by atoms with E-state index in [4.69, 9.17) is 6.57 Å². The van der Waals surface area contributed by atoms with Crippen molar-refractivity contribution in [3.63, 3.8) is 0 Å². The van der Waals surface area contributed by atoms with Crippen molar-refractivity contribution in [2.75, 3.05) is 23.8 Å². The molecule has 5 heteroatoms. The number of hydrogen-bond donors (Lipinski definition) is 1. The minimum Gasteiger partial charge on any atom is -0.322 e. The summed E-state index contributed by atoms with van der Waals surface area (Å²) in [6.07, 6.45) is 4.27. The zero-order valence-corrected chi connectivity index (χ0v) is 19.7. The number of carbonyl (C=O) groups excluding carboxylic acids is 1. The zero-order chi connectivity index (χ0) is 17.6. The monoisotopic (exact) mass is 422 g/mol. The molecule has 129 valence electrons. The van der Waals surface area contributed by atoms with Crippen molar-refractivity contribution in [1.29, 1.82) is 0 Å². The first-order valence-corrected chi connectivity index (χ1v) is 11.0. The van der Waals surface area contributed by atoms with E-state index in [-0.39, 0.29) is 44.3 Å². The van der Waals surface area contributed by atoms with Gasteiger partial charge in [0.05, 0.1) is 25.1 Å². The molecule has 0 heterocycles. The number of anilines is 1. The number of nitrogens with zero attached hydrogens (tertiary/aromatic N) is 1. The van der Waals surface area contributed by atoms with Crippen LogP contribution < -0.4 is 5.32 Å². The summed E-state index contributed by atoms with van der Waals surface area (Å²) in [5.41, 5.74) is 3.56.